The zero-order valence-corrected chi connectivity index (χ0v) is 6.13. The topological polar surface area (TPSA) is 38.7 Å². The molecule has 0 N–H and O–H groups in total. The minimum Gasteiger partial charge on any atom is -0.463 e. The second-order valence-corrected chi connectivity index (χ2v) is 2.53. The van der Waals surface area contributed by atoms with Crippen LogP contribution in [-0.4, -0.2) is 17.6 Å². The molecule has 0 aliphatic carbocycles. The molecule has 0 aromatic rings. The van der Waals surface area contributed by atoms with Gasteiger partial charge in [0.2, 0.25) is 0 Å². The quantitative estimate of drug-likeness (QED) is 0.424. The Balaban J connectivity index is 2.80. The van der Waals surface area contributed by atoms with Crippen molar-refractivity contribution in [2.75, 3.05) is 0 Å². The van der Waals surface area contributed by atoms with Gasteiger partial charge in [0.05, 0.1) is 12.4 Å². The van der Waals surface area contributed by atoms with Gasteiger partial charge in [0.15, 0.2) is 6.29 Å². The molecule has 54 valence electrons. The second kappa shape index (κ2) is 2.42. The number of hydrogen-bond acceptors (Lipinski definition) is 3. The summed E-state index contributed by atoms with van der Waals surface area (Å²) in [4.78, 5) is 14.0. The molecule has 0 radical (unpaired) electrons. The zero-order chi connectivity index (χ0) is 7.61. The monoisotopic (exact) mass is 159 g/mol. The fourth-order valence-corrected chi connectivity index (χ4v) is 0.776. The third-order valence-electron chi connectivity index (χ3n) is 0.985. The van der Waals surface area contributed by atoms with Crippen molar-refractivity contribution in [1.82, 2.24) is 0 Å². The van der Waals surface area contributed by atoms with Gasteiger partial charge in [-0.2, -0.15) is 0 Å². The van der Waals surface area contributed by atoms with Gasteiger partial charge < -0.3 is 4.74 Å². The van der Waals surface area contributed by atoms with Gasteiger partial charge in [-0.05, 0) is 6.92 Å². The van der Waals surface area contributed by atoms with E-state index >= 15 is 0 Å². The van der Waals surface area contributed by atoms with Gasteiger partial charge in [-0.1, -0.05) is 11.6 Å². The predicted octanol–water partition coefficient (Wildman–Crippen LogP) is 1.08. The first kappa shape index (κ1) is 7.28. The fraction of sp³-hybridized carbons (Fsp3) is 0.333. The highest BCUT2D eigenvalue weighted by Gasteiger charge is 2.28. The van der Waals surface area contributed by atoms with E-state index in [9.17, 15) is 4.79 Å². The van der Waals surface area contributed by atoms with Crippen LogP contribution in [0.3, 0.4) is 0 Å². The van der Waals surface area contributed by atoms with E-state index in [2.05, 4.69) is 4.99 Å². The van der Waals surface area contributed by atoms with Crippen LogP contribution >= 0.6 is 11.6 Å². The maximum absolute atomic E-state index is 10.3. The van der Waals surface area contributed by atoms with Crippen molar-refractivity contribution in [2.45, 2.75) is 12.0 Å². The van der Waals surface area contributed by atoms with Gasteiger partial charge in [-0.15, -0.1) is 0 Å². The molecule has 1 heterocycles. The van der Waals surface area contributed by atoms with Crippen molar-refractivity contribution in [2.24, 2.45) is 4.99 Å². The number of nitrogens with zero attached hydrogens (tertiary/aromatic N) is 1. The van der Waals surface area contributed by atoms with Crippen LogP contribution in [0, 0.1) is 0 Å². The molecule has 0 aromatic heterocycles. The Morgan fingerprint density at radius 1 is 1.90 bits per heavy atom. The molecule has 1 unspecified atom stereocenters. The Kier molecular flexibility index (Phi) is 1.76. The summed E-state index contributed by atoms with van der Waals surface area (Å²) in [7, 11) is 0. The predicted molar refractivity (Wildman–Crippen MR) is 38.0 cm³/mol. The average molecular weight is 160 g/mol. The van der Waals surface area contributed by atoms with Crippen LogP contribution in [0.4, 0.5) is 0 Å². The highest BCUT2D eigenvalue weighted by atomic mass is 35.5. The molecule has 1 atom stereocenters. The fourth-order valence-electron chi connectivity index (χ4n) is 0.598. The van der Waals surface area contributed by atoms with Crippen molar-refractivity contribution >= 4 is 24.1 Å². The molecular weight excluding hydrogens is 154 g/mol. The molecule has 0 saturated carbocycles. The summed E-state index contributed by atoms with van der Waals surface area (Å²) in [5.41, 5.74) is 0. The summed E-state index contributed by atoms with van der Waals surface area (Å²) in [5.74, 6) is 0.532. The largest absolute Gasteiger partial charge is 0.463 e. The van der Waals surface area contributed by atoms with Gasteiger partial charge >= 0.3 is 0 Å². The van der Waals surface area contributed by atoms with E-state index in [4.69, 9.17) is 16.3 Å². The molecule has 1 aliphatic heterocycles. The SMILES string of the molecule is CC1=CN=CC(Cl)(C=O)O1. The molecule has 0 bridgehead atoms. The summed E-state index contributed by atoms with van der Waals surface area (Å²) < 4.78 is 4.93. The van der Waals surface area contributed by atoms with Crippen LogP contribution in [0.2, 0.25) is 0 Å². The molecule has 10 heavy (non-hydrogen) atoms. The summed E-state index contributed by atoms with van der Waals surface area (Å²) in [6.45, 7) is 1.68. The Hall–Kier alpha value is -0.830. The Labute approximate surface area is 63.3 Å². The van der Waals surface area contributed by atoms with E-state index < -0.39 is 5.06 Å². The molecule has 3 nitrogen and oxygen atoms in total. The molecule has 4 heteroatoms. The minimum absolute atomic E-state index is 0.495. The average Bonchev–Trinajstić information content (AvgIpc) is 1.88. The van der Waals surface area contributed by atoms with E-state index in [0.29, 0.717) is 12.0 Å². The summed E-state index contributed by atoms with van der Waals surface area (Å²) >= 11 is 5.57. The van der Waals surface area contributed by atoms with Gasteiger partial charge in [-0.3, -0.25) is 9.79 Å². The van der Waals surface area contributed by atoms with Gasteiger partial charge in [-0.25, -0.2) is 0 Å². The number of aliphatic imine (C=N–C) groups is 1. The number of aldehydes is 1. The van der Waals surface area contributed by atoms with Crippen LogP contribution in [0.15, 0.2) is 17.0 Å². The summed E-state index contributed by atoms with van der Waals surface area (Å²) in [6, 6.07) is 0. The lowest BCUT2D eigenvalue weighted by Crippen LogP contribution is -2.30. The molecule has 1 rings (SSSR count). The molecule has 0 spiro atoms. The van der Waals surface area contributed by atoms with E-state index in [1.165, 1.54) is 12.4 Å². The van der Waals surface area contributed by atoms with Crippen LogP contribution in [0.25, 0.3) is 0 Å². The number of rotatable bonds is 1. The smallest absolute Gasteiger partial charge is 0.273 e. The third-order valence-corrected chi connectivity index (χ3v) is 1.25. The standard InChI is InChI=1S/C6H6ClNO2/c1-5-2-8-3-6(7,4-9)10-5/h2-4H,1H3. The van der Waals surface area contributed by atoms with E-state index in [1.54, 1.807) is 6.92 Å². The lowest BCUT2D eigenvalue weighted by Gasteiger charge is -2.20. The number of ether oxygens (including phenoxy) is 1. The number of halogens is 1. The number of carbonyl (C=O) groups is 1. The van der Waals surface area contributed by atoms with E-state index in [-0.39, 0.29) is 0 Å². The second-order valence-electron chi connectivity index (χ2n) is 1.94. The van der Waals surface area contributed by atoms with Crippen molar-refractivity contribution in [3.63, 3.8) is 0 Å². The molecule has 0 aromatic carbocycles. The van der Waals surface area contributed by atoms with E-state index in [0.717, 1.165) is 0 Å². The Bertz CT molecular complexity index is 212. The highest BCUT2D eigenvalue weighted by molar-refractivity contribution is 6.39. The molecule has 0 fully saturated rings. The summed E-state index contributed by atoms with van der Waals surface area (Å²) in [5, 5.41) is -1.38. The van der Waals surface area contributed by atoms with Crippen molar-refractivity contribution < 1.29 is 9.53 Å². The van der Waals surface area contributed by atoms with Crippen LogP contribution in [0.1, 0.15) is 6.92 Å². The van der Waals surface area contributed by atoms with Gasteiger partial charge in [0.25, 0.3) is 5.06 Å². The number of carbonyl (C=O) groups excluding carboxylic acids is 1. The van der Waals surface area contributed by atoms with E-state index in [1.807, 2.05) is 0 Å². The third kappa shape index (κ3) is 1.36. The first-order valence-corrected chi connectivity index (χ1v) is 3.09. The van der Waals surface area contributed by atoms with Crippen molar-refractivity contribution in [1.29, 1.82) is 0 Å². The van der Waals surface area contributed by atoms with Gasteiger partial charge in [0, 0.05) is 0 Å². The number of allylic oxidation sites excluding steroid dienone is 1. The van der Waals surface area contributed by atoms with Gasteiger partial charge in [0.1, 0.15) is 5.76 Å². The zero-order valence-electron chi connectivity index (χ0n) is 5.37. The number of hydrogen-bond donors (Lipinski definition) is 0. The molecule has 0 saturated heterocycles. The number of alkyl halides is 1. The molecule has 1 aliphatic rings. The highest BCUT2D eigenvalue weighted by Crippen LogP contribution is 2.19. The normalized spacial score (nSPS) is 30.8. The Morgan fingerprint density at radius 3 is 3.00 bits per heavy atom. The maximum atomic E-state index is 10.3. The van der Waals surface area contributed by atoms with Crippen molar-refractivity contribution in [3.05, 3.63) is 12.0 Å². The molecular formula is C6H6ClNO2. The lowest BCUT2D eigenvalue weighted by molar-refractivity contribution is -0.115. The Morgan fingerprint density at radius 2 is 2.60 bits per heavy atom. The van der Waals surface area contributed by atoms with Crippen LogP contribution in [-0.2, 0) is 9.53 Å². The van der Waals surface area contributed by atoms with Crippen LogP contribution in [0.5, 0.6) is 0 Å². The van der Waals surface area contributed by atoms with Crippen molar-refractivity contribution in [3.8, 4) is 0 Å². The maximum Gasteiger partial charge on any atom is 0.273 e. The minimum atomic E-state index is -1.38. The first-order valence-electron chi connectivity index (χ1n) is 2.72. The molecule has 0 amide bonds. The summed E-state index contributed by atoms with van der Waals surface area (Å²) in [6.07, 6.45) is 3.23. The lowest BCUT2D eigenvalue weighted by atomic mass is 10.4. The first-order chi connectivity index (χ1) is 4.66. The van der Waals surface area contributed by atoms with Crippen LogP contribution < -0.4 is 0 Å².